The monoisotopic (exact) mass is 358 g/mol. The van der Waals surface area contributed by atoms with Gasteiger partial charge in [0.05, 0.1) is 17.5 Å². The summed E-state index contributed by atoms with van der Waals surface area (Å²) in [6.07, 6.45) is 6.25. The van der Waals surface area contributed by atoms with Gasteiger partial charge in [0.1, 0.15) is 5.54 Å². The Morgan fingerprint density at radius 1 is 1.23 bits per heavy atom. The number of amides is 1. The summed E-state index contributed by atoms with van der Waals surface area (Å²) in [4.78, 5) is 29.4. The molecule has 1 aliphatic rings. The molecule has 1 saturated carbocycles. The predicted molar refractivity (Wildman–Crippen MR) is 98.2 cm³/mol. The number of aromatic nitrogens is 3. The highest BCUT2D eigenvalue weighted by Gasteiger charge is 2.40. The molecule has 2 aromatic heterocycles. The lowest BCUT2D eigenvalue weighted by molar-refractivity contribution is -0.145. The van der Waals surface area contributed by atoms with E-state index >= 15 is 0 Å². The minimum absolute atomic E-state index is 0.167. The van der Waals surface area contributed by atoms with Crippen molar-refractivity contribution in [3.63, 3.8) is 0 Å². The highest BCUT2D eigenvalue weighted by atomic mass is 16.4. The molecule has 140 valence electrons. The first kappa shape index (κ1) is 18.4. The molecule has 7 heteroatoms. The van der Waals surface area contributed by atoms with E-state index in [1.807, 2.05) is 18.5 Å². The summed E-state index contributed by atoms with van der Waals surface area (Å²) < 4.78 is 1.81. The second kappa shape index (κ2) is 7.05. The summed E-state index contributed by atoms with van der Waals surface area (Å²) in [5.74, 6) is -1.33. The second-order valence-corrected chi connectivity index (χ2v) is 7.47. The maximum atomic E-state index is 12.9. The smallest absolute Gasteiger partial charge is 0.329 e. The molecule has 0 bridgehead atoms. The molecule has 1 aliphatic carbocycles. The number of hydrogen-bond acceptors (Lipinski definition) is 4. The van der Waals surface area contributed by atoms with Crippen LogP contribution in [0.3, 0.4) is 0 Å². The van der Waals surface area contributed by atoms with Gasteiger partial charge in [0.2, 0.25) is 0 Å². The molecule has 0 spiro atoms. The number of aryl methyl sites for hydroxylation is 1. The van der Waals surface area contributed by atoms with Gasteiger partial charge in [-0.3, -0.25) is 4.79 Å². The van der Waals surface area contributed by atoms with E-state index in [9.17, 15) is 14.7 Å². The minimum Gasteiger partial charge on any atom is -0.480 e. The number of fused-ring (bicyclic) bond motifs is 1. The van der Waals surface area contributed by atoms with Crippen molar-refractivity contribution in [3.05, 3.63) is 23.5 Å². The van der Waals surface area contributed by atoms with Crippen LogP contribution in [0, 0.1) is 6.92 Å². The molecule has 2 N–H and O–H groups in total. The number of carboxylic acids is 1. The van der Waals surface area contributed by atoms with E-state index < -0.39 is 11.5 Å². The second-order valence-electron chi connectivity index (χ2n) is 7.47. The van der Waals surface area contributed by atoms with Gasteiger partial charge in [0.25, 0.3) is 5.91 Å². The number of hydrogen-bond donors (Lipinski definition) is 2. The Labute approximate surface area is 152 Å². The average Bonchev–Trinajstić information content (AvgIpc) is 2.83. The van der Waals surface area contributed by atoms with Gasteiger partial charge >= 0.3 is 5.97 Å². The summed E-state index contributed by atoms with van der Waals surface area (Å²) in [6.45, 7) is 5.81. The number of aliphatic carboxylic acids is 1. The quantitative estimate of drug-likeness (QED) is 0.818. The van der Waals surface area contributed by atoms with Crippen LogP contribution in [0.25, 0.3) is 11.0 Å². The van der Waals surface area contributed by atoms with Crippen LogP contribution in [0.5, 0.6) is 0 Å². The van der Waals surface area contributed by atoms with Crippen molar-refractivity contribution in [1.29, 1.82) is 0 Å². The highest BCUT2D eigenvalue weighted by Crippen LogP contribution is 2.28. The molecule has 0 aliphatic heterocycles. The third-order valence-corrected chi connectivity index (χ3v) is 5.21. The molecule has 0 radical (unpaired) electrons. The summed E-state index contributed by atoms with van der Waals surface area (Å²) >= 11 is 0. The Morgan fingerprint density at radius 2 is 1.88 bits per heavy atom. The number of nitrogens with zero attached hydrogens (tertiary/aromatic N) is 3. The molecular weight excluding hydrogens is 332 g/mol. The number of rotatable bonds is 4. The van der Waals surface area contributed by atoms with Crippen molar-refractivity contribution in [2.45, 2.75) is 70.9 Å². The average molecular weight is 358 g/mol. The molecule has 0 saturated heterocycles. The number of carbonyl (C=O) groups excluding carboxylic acids is 1. The van der Waals surface area contributed by atoms with Crippen LogP contribution < -0.4 is 5.32 Å². The predicted octanol–water partition coefficient (Wildman–Crippen LogP) is 3.23. The number of carbonyl (C=O) groups is 2. The maximum absolute atomic E-state index is 12.9. The zero-order valence-electron chi connectivity index (χ0n) is 15.6. The first-order valence-corrected chi connectivity index (χ1v) is 9.25. The summed E-state index contributed by atoms with van der Waals surface area (Å²) in [6, 6.07) is 1.92. The van der Waals surface area contributed by atoms with Crippen LogP contribution in [0.2, 0.25) is 0 Å². The number of nitrogens with one attached hydrogen (secondary N) is 1. The largest absolute Gasteiger partial charge is 0.480 e. The van der Waals surface area contributed by atoms with Crippen LogP contribution in [0.4, 0.5) is 0 Å². The van der Waals surface area contributed by atoms with E-state index in [2.05, 4.69) is 15.4 Å². The molecule has 0 unspecified atom stereocenters. The van der Waals surface area contributed by atoms with Gasteiger partial charge in [0.15, 0.2) is 5.65 Å². The molecule has 0 aromatic carbocycles. The zero-order valence-corrected chi connectivity index (χ0v) is 15.6. The molecule has 3 rings (SSSR count). The van der Waals surface area contributed by atoms with E-state index in [1.54, 1.807) is 19.2 Å². The standard InChI is InChI=1S/C19H26N4O3/c1-12(2)23-16-14(11-20-23)10-15(13(3)21-16)17(24)22-19(18(25)26)8-6-4-5-7-9-19/h10-12H,4-9H2,1-3H3,(H,22,24)(H,25,26). The van der Waals surface area contributed by atoms with E-state index in [-0.39, 0.29) is 11.9 Å². The Hall–Kier alpha value is -2.44. The van der Waals surface area contributed by atoms with Gasteiger partial charge in [-0.05, 0) is 39.7 Å². The third kappa shape index (κ3) is 3.30. The van der Waals surface area contributed by atoms with Crippen molar-refractivity contribution in [2.75, 3.05) is 0 Å². The molecule has 0 atom stereocenters. The zero-order chi connectivity index (χ0) is 18.9. The first-order chi connectivity index (χ1) is 12.3. The lowest BCUT2D eigenvalue weighted by Crippen LogP contribution is -2.54. The normalized spacial score (nSPS) is 17.2. The molecule has 7 nitrogen and oxygen atoms in total. The molecule has 2 heterocycles. The SMILES string of the molecule is Cc1nc2c(cnn2C(C)C)cc1C(=O)NC1(C(=O)O)CCCCCC1. The lowest BCUT2D eigenvalue weighted by Gasteiger charge is -2.29. The van der Waals surface area contributed by atoms with E-state index in [0.29, 0.717) is 24.1 Å². The topological polar surface area (TPSA) is 97.1 Å². The Balaban J connectivity index is 1.93. The van der Waals surface area contributed by atoms with Gasteiger partial charge < -0.3 is 10.4 Å². The fourth-order valence-corrected chi connectivity index (χ4v) is 3.68. The fourth-order valence-electron chi connectivity index (χ4n) is 3.68. The van der Waals surface area contributed by atoms with E-state index in [1.165, 1.54) is 0 Å². The van der Waals surface area contributed by atoms with Crippen molar-refractivity contribution >= 4 is 22.9 Å². The first-order valence-electron chi connectivity index (χ1n) is 9.25. The molecule has 2 aromatic rings. The van der Waals surface area contributed by atoms with E-state index in [4.69, 9.17) is 0 Å². The van der Waals surface area contributed by atoms with Crippen LogP contribution >= 0.6 is 0 Å². The molecule has 1 fully saturated rings. The van der Waals surface area contributed by atoms with Gasteiger partial charge in [-0.15, -0.1) is 0 Å². The van der Waals surface area contributed by atoms with Crippen LogP contribution in [0.15, 0.2) is 12.3 Å². The third-order valence-electron chi connectivity index (χ3n) is 5.21. The van der Waals surface area contributed by atoms with Gasteiger partial charge in [-0.1, -0.05) is 25.7 Å². The van der Waals surface area contributed by atoms with Crippen molar-refractivity contribution in [2.24, 2.45) is 0 Å². The molecule has 26 heavy (non-hydrogen) atoms. The van der Waals surface area contributed by atoms with Crippen molar-refractivity contribution in [3.8, 4) is 0 Å². The molecule has 1 amide bonds. The Bertz CT molecular complexity index is 833. The van der Waals surface area contributed by atoms with Gasteiger partial charge in [-0.25, -0.2) is 14.5 Å². The van der Waals surface area contributed by atoms with Crippen molar-refractivity contribution in [1.82, 2.24) is 20.1 Å². The van der Waals surface area contributed by atoms with Gasteiger partial charge in [0, 0.05) is 11.4 Å². The summed E-state index contributed by atoms with van der Waals surface area (Å²) in [5, 5.41) is 17.7. The summed E-state index contributed by atoms with van der Waals surface area (Å²) in [5.41, 5.74) is 0.533. The van der Waals surface area contributed by atoms with Crippen LogP contribution in [-0.2, 0) is 4.79 Å². The highest BCUT2D eigenvalue weighted by molar-refractivity contribution is 6.00. The van der Waals surface area contributed by atoms with E-state index in [0.717, 1.165) is 36.7 Å². The lowest BCUT2D eigenvalue weighted by atomic mass is 9.89. The van der Waals surface area contributed by atoms with Crippen LogP contribution in [-0.4, -0.2) is 37.3 Å². The van der Waals surface area contributed by atoms with Crippen molar-refractivity contribution < 1.29 is 14.7 Å². The fraction of sp³-hybridized carbons (Fsp3) is 0.579. The summed E-state index contributed by atoms with van der Waals surface area (Å²) in [7, 11) is 0. The van der Waals surface area contributed by atoms with Crippen LogP contribution in [0.1, 0.15) is 74.5 Å². The number of pyridine rings is 1. The maximum Gasteiger partial charge on any atom is 0.329 e. The Kier molecular flexibility index (Phi) is 4.98. The minimum atomic E-state index is -1.18. The number of carboxylic acid groups (broad SMARTS) is 1. The van der Waals surface area contributed by atoms with Gasteiger partial charge in [-0.2, -0.15) is 5.10 Å². The Morgan fingerprint density at radius 3 is 2.46 bits per heavy atom. The molecular formula is C19H26N4O3.